The van der Waals surface area contributed by atoms with Crippen molar-refractivity contribution in [3.05, 3.63) is 68.5 Å². The van der Waals surface area contributed by atoms with E-state index in [1.165, 1.54) is 23.3 Å². The van der Waals surface area contributed by atoms with E-state index < -0.39 is 5.97 Å². The molecule has 1 aliphatic rings. The summed E-state index contributed by atoms with van der Waals surface area (Å²) in [5, 5.41) is 2.35. The lowest BCUT2D eigenvalue weighted by Crippen LogP contribution is -2.24. The van der Waals surface area contributed by atoms with Gasteiger partial charge in [-0.1, -0.05) is 29.8 Å². The third kappa shape index (κ3) is 2.77. The predicted octanol–water partition coefficient (Wildman–Crippen LogP) is 4.28. The number of anilines is 1. The molecule has 122 valence electrons. The van der Waals surface area contributed by atoms with Gasteiger partial charge in [0.1, 0.15) is 0 Å². The highest BCUT2D eigenvalue weighted by molar-refractivity contribution is 7.10. The van der Waals surface area contributed by atoms with Crippen LogP contribution in [0.15, 0.2) is 58.6 Å². The first kappa shape index (κ1) is 16.5. The number of esters is 1. The molecule has 4 nitrogen and oxygen atoms in total. The molecule has 2 aromatic rings. The fourth-order valence-electron chi connectivity index (χ4n) is 2.62. The molecule has 0 N–H and O–H groups in total. The highest BCUT2D eigenvalue weighted by Crippen LogP contribution is 2.38. The molecule has 1 aromatic carbocycles. The molecule has 0 radical (unpaired) electrons. The molecule has 2 heterocycles. The Morgan fingerprint density at radius 3 is 2.62 bits per heavy atom. The summed E-state index contributed by atoms with van der Waals surface area (Å²) in [5.41, 5.74) is 1.61. The predicted molar refractivity (Wildman–Crippen MR) is 96.0 cm³/mol. The van der Waals surface area contributed by atoms with Crippen LogP contribution < -0.4 is 4.90 Å². The highest BCUT2D eigenvalue weighted by atomic mass is 35.5. The van der Waals surface area contributed by atoms with Crippen molar-refractivity contribution in [3.8, 4) is 0 Å². The molecular formula is C18H14ClNO3S. The first-order valence-corrected chi connectivity index (χ1v) is 8.44. The topological polar surface area (TPSA) is 46.6 Å². The zero-order valence-electron chi connectivity index (χ0n) is 13.1. The average Bonchev–Trinajstić information content (AvgIpc) is 3.16. The third-order valence-electron chi connectivity index (χ3n) is 3.71. The molecule has 0 saturated heterocycles. The van der Waals surface area contributed by atoms with Crippen molar-refractivity contribution < 1.29 is 14.3 Å². The van der Waals surface area contributed by atoms with Crippen molar-refractivity contribution in [1.29, 1.82) is 0 Å². The van der Waals surface area contributed by atoms with E-state index >= 15 is 0 Å². The second-order valence-corrected chi connectivity index (χ2v) is 6.50. The Morgan fingerprint density at radius 1 is 1.25 bits per heavy atom. The van der Waals surface area contributed by atoms with Crippen LogP contribution >= 0.6 is 22.9 Å². The fourth-order valence-corrected chi connectivity index (χ4v) is 3.50. The molecule has 3 rings (SSSR count). The molecule has 0 saturated carbocycles. The minimum Gasteiger partial charge on any atom is -0.465 e. The Kier molecular flexibility index (Phi) is 4.55. The molecule has 0 aliphatic carbocycles. The van der Waals surface area contributed by atoms with Gasteiger partial charge in [-0.3, -0.25) is 9.69 Å². The second kappa shape index (κ2) is 6.63. The van der Waals surface area contributed by atoms with Gasteiger partial charge in [0.05, 0.1) is 29.0 Å². The van der Waals surface area contributed by atoms with Crippen molar-refractivity contribution in [2.24, 2.45) is 0 Å². The third-order valence-corrected chi connectivity index (χ3v) is 4.85. The van der Waals surface area contributed by atoms with Crippen LogP contribution in [-0.4, -0.2) is 19.0 Å². The number of hydrogen-bond acceptors (Lipinski definition) is 4. The zero-order chi connectivity index (χ0) is 17.3. The van der Waals surface area contributed by atoms with Crippen LogP contribution in [0.25, 0.3) is 6.08 Å². The molecule has 1 aliphatic heterocycles. The maximum atomic E-state index is 13.0. The number of halogens is 1. The van der Waals surface area contributed by atoms with Crippen molar-refractivity contribution in [2.45, 2.75) is 6.92 Å². The molecule has 1 aromatic heterocycles. The molecule has 0 bridgehead atoms. The summed E-state index contributed by atoms with van der Waals surface area (Å²) in [6.07, 6.45) is 1.71. The van der Waals surface area contributed by atoms with Crippen LogP contribution in [0.5, 0.6) is 0 Å². The Morgan fingerprint density at radius 2 is 2.00 bits per heavy atom. The monoisotopic (exact) mass is 359 g/mol. The smallest absolute Gasteiger partial charge is 0.340 e. The second-order valence-electron chi connectivity index (χ2n) is 5.12. The summed E-state index contributed by atoms with van der Waals surface area (Å²) >= 11 is 7.72. The highest BCUT2D eigenvalue weighted by Gasteiger charge is 2.38. The van der Waals surface area contributed by atoms with Gasteiger partial charge in [-0.15, -0.1) is 11.3 Å². The van der Waals surface area contributed by atoms with E-state index in [1.807, 2.05) is 17.5 Å². The van der Waals surface area contributed by atoms with Gasteiger partial charge in [-0.2, -0.15) is 0 Å². The first-order chi connectivity index (χ1) is 11.5. The first-order valence-electron chi connectivity index (χ1n) is 7.18. The van der Waals surface area contributed by atoms with E-state index in [0.29, 0.717) is 22.0 Å². The van der Waals surface area contributed by atoms with Gasteiger partial charge < -0.3 is 4.74 Å². The maximum absolute atomic E-state index is 13.0. The number of para-hydroxylation sites is 1. The zero-order valence-corrected chi connectivity index (χ0v) is 14.6. The lowest BCUT2D eigenvalue weighted by molar-refractivity contribution is -0.136. The molecule has 0 unspecified atom stereocenters. The van der Waals surface area contributed by atoms with Gasteiger partial charge in [0.15, 0.2) is 0 Å². The van der Waals surface area contributed by atoms with Crippen LogP contribution in [0.4, 0.5) is 5.69 Å². The number of hydrogen-bond donors (Lipinski definition) is 0. The van der Waals surface area contributed by atoms with Crippen molar-refractivity contribution in [2.75, 3.05) is 12.0 Å². The average molecular weight is 360 g/mol. The Hall–Kier alpha value is -2.37. The van der Waals surface area contributed by atoms with Gasteiger partial charge in [0.2, 0.25) is 0 Å². The number of nitrogens with zero attached hydrogens (tertiary/aromatic N) is 1. The van der Waals surface area contributed by atoms with Gasteiger partial charge >= 0.3 is 5.97 Å². The summed E-state index contributed by atoms with van der Waals surface area (Å²) < 4.78 is 4.87. The number of thiophene rings is 1. The lowest BCUT2D eigenvalue weighted by Gasteiger charge is -2.19. The van der Waals surface area contributed by atoms with Crippen LogP contribution in [0.3, 0.4) is 0 Å². The summed E-state index contributed by atoms with van der Waals surface area (Å²) in [5.74, 6) is -0.840. The summed E-state index contributed by atoms with van der Waals surface area (Å²) in [7, 11) is 1.30. The van der Waals surface area contributed by atoms with Crippen LogP contribution in [0.1, 0.15) is 11.8 Å². The number of carbonyl (C=O) groups is 2. The Balaban J connectivity index is 2.17. The number of carbonyl (C=O) groups excluding carboxylic acids is 2. The number of amides is 1. The molecule has 0 spiro atoms. The van der Waals surface area contributed by atoms with Crippen molar-refractivity contribution >= 4 is 46.6 Å². The standard InChI is InChI=1S/C18H14ClNO3S/c1-11-16(18(22)23-2)13(10-12-6-5-9-24-12)17(21)20(11)15-8-4-3-7-14(15)19/h3-10H,1-2H3. The molecule has 0 atom stereocenters. The maximum Gasteiger partial charge on any atom is 0.340 e. The van der Waals surface area contributed by atoms with Gasteiger partial charge in [0.25, 0.3) is 5.91 Å². The lowest BCUT2D eigenvalue weighted by atomic mass is 10.1. The number of allylic oxidation sites excluding steroid dienone is 1. The van der Waals surface area contributed by atoms with Gasteiger partial charge in [-0.05, 0) is 36.6 Å². The normalized spacial score (nSPS) is 16.2. The van der Waals surface area contributed by atoms with E-state index in [-0.39, 0.29) is 11.5 Å². The van der Waals surface area contributed by atoms with Crippen molar-refractivity contribution in [1.82, 2.24) is 0 Å². The van der Waals surface area contributed by atoms with Crippen LogP contribution in [0, 0.1) is 0 Å². The SMILES string of the molecule is COC(=O)C1=C(C)N(c2ccccc2Cl)C(=O)C1=Cc1cccs1. The Bertz CT molecular complexity index is 868. The van der Waals surface area contributed by atoms with Crippen LogP contribution in [0.2, 0.25) is 5.02 Å². The van der Waals surface area contributed by atoms with Gasteiger partial charge in [-0.25, -0.2) is 4.79 Å². The summed E-state index contributed by atoms with van der Waals surface area (Å²) in [6.45, 7) is 1.71. The molecule has 0 fully saturated rings. The largest absolute Gasteiger partial charge is 0.465 e. The minimum atomic E-state index is -0.543. The quantitative estimate of drug-likeness (QED) is 0.607. The molecular weight excluding hydrogens is 346 g/mol. The van der Waals surface area contributed by atoms with E-state index in [1.54, 1.807) is 37.3 Å². The molecule has 1 amide bonds. The molecule has 24 heavy (non-hydrogen) atoms. The number of benzene rings is 1. The van der Waals surface area contributed by atoms with Crippen LogP contribution in [-0.2, 0) is 14.3 Å². The van der Waals surface area contributed by atoms with Gasteiger partial charge in [0, 0.05) is 10.6 Å². The summed E-state index contributed by atoms with van der Waals surface area (Å²) in [4.78, 5) is 27.6. The molecule has 6 heteroatoms. The fraction of sp³-hybridized carbons (Fsp3) is 0.111. The van der Waals surface area contributed by atoms with Crippen molar-refractivity contribution in [3.63, 3.8) is 0 Å². The number of rotatable bonds is 3. The number of methoxy groups -OCH3 is 1. The Labute approximate surface area is 148 Å². The van der Waals surface area contributed by atoms with E-state index in [0.717, 1.165) is 4.88 Å². The minimum absolute atomic E-state index is 0.260. The van der Waals surface area contributed by atoms with E-state index in [2.05, 4.69) is 0 Å². The number of ether oxygens (including phenoxy) is 1. The summed E-state index contributed by atoms with van der Waals surface area (Å²) in [6, 6.07) is 10.8. The van der Waals surface area contributed by atoms with E-state index in [9.17, 15) is 9.59 Å². The van der Waals surface area contributed by atoms with E-state index in [4.69, 9.17) is 16.3 Å².